The standard InChI is InChI=1S/C19H18N4O4/c1-19(27)10-22(11-19)17(25)13-7-14-15(20-8-13)23(18(26)21-16(14)24)9-12-5-3-2-4-6-12/h2-8,27H,9-11H2,1H3,(H,21,24,26). The number of nitrogens with one attached hydrogen (secondary N) is 1. The summed E-state index contributed by atoms with van der Waals surface area (Å²) in [6, 6.07) is 10.8. The average Bonchev–Trinajstić information content (AvgIpc) is 2.63. The van der Waals surface area contributed by atoms with Crippen molar-refractivity contribution in [2.45, 2.75) is 19.1 Å². The van der Waals surface area contributed by atoms with Crippen molar-refractivity contribution >= 4 is 16.9 Å². The summed E-state index contributed by atoms with van der Waals surface area (Å²) >= 11 is 0. The van der Waals surface area contributed by atoms with Crippen molar-refractivity contribution in [1.29, 1.82) is 0 Å². The summed E-state index contributed by atoms with van der Waals surface area (Å²) in [5.74, 6) is -0.309. The Balaban J connectivity index is 1.75. The van der Waals surface area contributed by atoms with Crippen molar-refractivity contribution in [2.75, 3.05) is 13.1 Å². The van der Waals surface area contributed by atoms with Crippen molar-refractivity contribution in [1.82, 2.24) is 19.4 Å². The molecule has 1 aliphatic heterocycles. The number of pyridine rings is 1. The van der Waals surface area contributed by atoms with E-state index in [1.165, 1.54) is 21.7 Å². The molecule has 4 rings (SSSR count). The van der Waals surface area contributed by atoms with Gasteiger partial charge in [0.25, 0.3) is 11.5 Å². The van der Waals surface area contributed by atoms with Crippen LogP contribution in [0.4, 0.5) is 0 Å². The third-order valence-electron chi connectivity index (χ3n) is 4.61. The molecular weight excluding hydrogens is 348 g/mol. The number of likely N-dealkylation sites (tertiary alicyclic amines) is 1. The van der Waals surface area contributed by atoms with Gasteiger partial charge in [-0.15, -0.1) is 0 Å². The SMILES string of the molecule is CC1(O)CN(C(=O)c2cnc3c(c2)c(=O)[nH]c(=O)n3Cc2ccccc2)C1. The number of aliphatic hydroxyl groups is 1. The number of fused-ring (bicyclic) bond motifs is 1. The number of amides is 1. The molecule has 1 saturated heterocycles. The maximum atomic E-state index is 12.5. The first-order chi connectivity index (χ1) is 12.8. The van der Waals surface area contributed by atoms with Gasteiger partial charge in [-0.2, -0.15) is 0 Å². The molecule has 3 aromatic rings. The Hall–Kier alpha value is -3.26. The number of benzene rings is 1. The molecule has 3 heterocycles. The van der Waals surface area contributed by atoms with Gasteiger partial charge in [0.05, 0.1) is 36.2 Å². The number of hydrogen-bond donors (Lipinski definition) is 2. The van der Waals surface area contributed by atoms with E-state index in [4.69, 9.17) is 0 Å². The number of aromatic amines is 1. The summed E-state index contributed by atoms with van der Waals surface area (Å²) in [5.41, 5.74) is -0.669. The fourth-order valence-electron chi connectivity index (χ4n) is 3.30. The lowest BCUT2D eigenvalue weighted by molar-refractivity contribution is -0.0668. The third kappa shape index (κ3) is 3.15. The Morgan fingerprint density at radius 1 is 1.26 bits per heavy atom. The molecule has 8 heteroatoms. The van der Waals surface area contributed by atoms with Gasteiger partial charge in [-0.05, 0) is 18.6 Å². The summed E-state index contributed by atoms with van der Waals surface area (Å²) in [4.78, 5) is 45.0. The highest BCUT2D eigenvalue weighted by atomic mass is 16.3. The Bertz CT molecular complexity index is 1140. The highest BCUT2D eigenvalue weighted by molar-refractivity contribution is 5.97. The summed E-state index contributed by atoms with van der Waals surface area (Å²) in [7, 11) is 0. The second-order valence-corrected chi connectivity index (χ2v) is 7.08. The van der Waals surface area contributed by atoms with Crippen molar-refractivity contribution in [3.63, 3.8) is 0 Å². The molecule has 2 N–H and O–H groups in total. The zero-order chi connectivity index (χ0) is 19.2. The number of β-amino-alcohol motifs (C(OH)–C–C–N with tert-alkyl or cyclic N) is 1. The van der Waals surface area contributed by atoms with Crippen LogP contribution in [0.1, 0.15) is 22.8 Å². The number of carbonyl (C=O) groups excluding carboxylic acids is 1. The van der Waals surface area contributed by atoms with E-state index in [2.05, 4.69) is 9.97 Å². The molecule has 138 valence electrons. The predicted molar refractivity (Wildman–Crippen MR) is 98.7 cm³/mol. The van der Waals surface area contributed by atoms with E-state index in [0.29, 0.717) is 0 Å². The number of rotatable bonds is 3. The van der Waals surface area contributed by atoms with E-state index >= 15 is 0 Å². The number of hydrogen-bond acceptors (Lipinski definition) is 5. The van der Waals surface area contributed by atoms with Gasteiger partial charge in [0.15, 0.2) is 0 Å². The topological polar surface area (TPSA) is 108 Å². The third-order valence-corrected chi connectivity index (χ3v) is 4.61. The highest BCUT2D eigenvalue weighted by Crippen LogP contribution is 2.22. The molecule has 0 atom stereocenters. The number of aromatic nitrogens is 3. The summed E-state index contributed by atoms with van der Waals surface area (Å²) in [6.07, 6.45) is 1.36. The smallest absolute Gasteiger partial charge is 0.330 e. The van der Waals surface area contributed by atoms with Crippen LogP contribution in [0.25, 0.3) is 11.0 Å². The van der Waals surface area contributed by atoms with E-state index in [0.717, 1.165) is 5.56 Å². The first kappa shape index (κ1) is 17.2. The highest BCUT2D eigenvalue weighted by Gasteiger charge is 2.39. The van der Waals surface area contributed by atoms with Gasteiger partial charge < -0.3 is 10.0 Å². The molecule has 0 radical (unpaired) electrons. The summed E-state index contributed by atoms with van der Waals surface area (Å²) in [6.45, 7) is 2.37. The molecule has 0 spiro atoms. The quantitative estimate of drug-likeness (QED) is 0.695. The van der Waals surface area contributed by atoms with E-state index in [-0.39, 0.29) is 42.1 Å². The van der Waals surface area contributed by atoms with Gasteiger partial charge in [-0.25, -0.2) is 9.78 Å². The van der Waals surface area contributed by atoms with Gasteiger partial charge in [-0.3, -0.25) is 19.1 Å². The van der Waals surface area contributed by atoms with E-state index in [1.807, 2.05) is 30.3 Å². The minimum Gasteiger partial charge on any atom is -0.386 e. The lowest BCUT2D eigenvalue weighted by Gasteiger charge is -2.44. The molecule has 2 aromatic heterocycles. The zero-order valence-electron chi connectivity index (χ0n) is 14.7. The van der Waals surface area contributed by atoms with Crippen LogP contribution in [0, 0.1) is 0 Å². The normalized spacial score (nSPS) is 15.6. The molecule has 27 heavy (non-hydrogen) atoms. The summed E-state index contributed by atoms with van der Waals surface area (Å²) in [5, 5.41) is 9.97. The van der Waals surface area contributed by atoms with Gasteiger partial charge >= 0.3 is 5.69 Å². The average molecular weight is 366 g/mol. The first-order valence-electron chi connectivity index (χ1n) is 8.52. The molecule has 1 aliphatic rings. The van der Waals surface area contributed by atoms with Crippen molar-refractivity contribution < 1.29 is 9.90 Å². The molecule has 1 aromatic carbocycles. The lowest BCUT2D eigenvalue weighted by atomic mass is 9.96. The van der Waals surface area contributed by atoms with Crippen molar-refractivity contribution in [2.24, 2.45) is 0 Å². The molecule has 0 unspecified atom stereocenters. The van der Waals surface area contributed by atoms with Gasteiger partial charge in [0, 0.05) is 6.20 Å². The number of nitrogens with zero attached hydrogens (tertiary/aromatic N) is 3. The fourth-order valence-corrected chi connectivity index (χ4v) is 3.30. The van der Waals surface area contributed by atoms with Crippen LogP contribution in [0.15, 0.2) is 52.2 Å². The van der Waals surface area contributed by atoms with Crippen LogP contribution in [-0.4, -0.2) is 49.1 Å². The molecule has 1 amide bonds. The Labute approximate surface area is 153 Å². The number of H-pyrrole nitrogens is 1. The molecule has 0 bridgehead atoms. The minimum absolute atomic E-state index is 0.170. The summed E-state index contributed by atoms with van der Waals surface area (Å²) < 4.78 is 1.37. The van der Waals surface area contributed by atoms with Crippen LogP contribution >= 0.6 is 0 Å². The maximum absolute atomic E-state index is 12.5. The van der Waals surface area contributed by atoms with E-state index in [9.17, 15) is 19.5 Å². The Morgan fingerprint density at radius 3 is 2.63 bits per heavy atom. The van der Waals surface area contributed by atoms with Gasteiger partial charge in [0.2, 0.25) is 0 Å². The molecule has 0 aliphatic carbocycles. The molecule has 0 saturated carbocycles. The Kier molecular flexibility index (Phi) is 3.92. The Morgan fingerprint density at radius 2 is 1.96 bits per heavy atom. The van der Waals surface area contributed by atoms with E-state index in [1.54, 1.807) is 6.92 Å². The van der Waals surface area contributed by atoms with Crippen LogP contribution in [-0.2, 0) is 6.54 Å². The van der Waals surface area contributed by atoms with Crippen LogP contribution in [0.2, 0.25) is 0 Å². The zero-order valence-corrected chi connectivity index (χ0v) is 14.7. The van der Waals surface area contributed by atoms with E-state index < -0.39 is 16.9 Å². The van der Waals surface area contributed by atoms with Crippen molar-refractivity contribution in [3.05, 3.63) is 74.6 Å². The van der Waals surface area contributed by atoms with Crippen molar-refractivity contribution in [3.8, 4) is 0 Å². The number of carbonyl (C=O) groups is 1. The molecule has 8 nitrogen and oxygen atoms in total. The van der Waals surface area contributed by atoms with Crippen LogP contribution in [0.5, 0.6) is 0 Å². The first-order valence-corrected chi connectivity index (χ1v) is 8.52. The largest absolute Gasteiger partial charge is 0.386 e. The van der Waals surface area contributed by atoms with Gasteiger partial charge in [-0.1, -0.05) is 30.3 Å². The maximum Gasteiger partial charge on any atom is 0.330 e. The van der Waals surface area contributed by atoms with Crippen LogP contribution < -0.4 is 11.2 Å². The second kappa shape index (κ2) is 6.17. The van der Waals surface area contributed by atoms with Crippen LogP contribution in [0.3, 0.4) is 0 Å². The monoisotopic (exact) mass is 366 g/mol. The predicted octanol–water partition coefficient (Wildman–Crippen LogP) is 0.340. The fraction of sp³-hybridized carbons (Fsp3) is 0.263. The lowest BCUT2D eigenvalue weighted by Crippen LogP contribution is -2.61. The minimum atomic E-state index is -0.881. The van der Waals surface area contributed by atoms with Gasteiger partial charge in [0.1, 0.15) is 5.65 Å². The molecule has 1 fully saturated rings. The second-order valence-electron chi connectivity index (χ2n) is 7.08. The molecular formula is C19H18N4O4.